The molecule has 2 heterocycles. The number of halogens is 1. The van der Waals surface area contributed by atoms with E-state index in [-0.39, 0.29) is 24.0 Å². The Morgan fingerprint density at radius 3 is 2.83 bits per heavy atom. The first-order valence-corrected chi connectivity index (χ1v) is 8.49. The van der Waals surface area contributed by atoms with E-state index in [1.54, 1.807) is 24.6 Å². The molecule has 8 heteroatoms. The van der Waals surface area contributed by atoms with E-state index < -0.39 is 0 Å². The lowest BCUT2D eigenvalue weighted by Crippen LogP contribution is -2.39. The van der Waals surface area contributed by atoms with Gasteiger partial charge in [-0.2, -0.15) is 5.10 Å². The van der Waals surface area contributed by atoms with Gasteiger partial charge in [-0.1, -0.05) is 6.92 Å². The summed E-state index contributed by atoms with van der Waals surface area (Å²) in [5, 5.41) is 12.0. The maximum atomic E-state index is 4.42. The molecule has 2 aromatic rings. The molecular formula is C15H25IN6S. The van der Waals surface area contributed by atoms with Crippen LogP contribution in [0.3, 0.4) is 0 Å². The number of thiazole rings is 1. The lowest BCUT2D eigenvalue weighted by molar-refractivity contribution is 0.570. The molecule has 0 fully saturated rings. The minimum absolute atomic E-state index is 0. The van der Waals surface area contributed by atoms with Crippen LogP contribution in [0, 0.1) is 0 Å². The zero-order valence-corrected chi connectivity index (χ0v) is 16.8. The second kappa shape index (κ2) is 11.4. The van der Waals surface area contributed by atoms with Crippen molar-refractivity contribution in [3.63, 3.8) is 0 Å². The van der Waals surface area contributed by atoms with Crippen LogP contribution in [-0.2, 0) is 19.4 Å². The first-order chi connectivity index (χ1) is 10.8. The van der Waals surface area contributed by atoms with Gasteiger partial charge in [0.05, 0.1) is 5.01 Å². The van der Waals surface area contributed by atoms with Crippen molar-refractivity contribution in [1.29, 1.82) is 0 Å². The number of guanidine groups is 1. The lowest BCUT2D eigenvalue weighted by atomic mass is 10.4. The molecule has 0 bridgehead atoms. The molecule has 0 saturated heterocycles. The predicted octanol–water partition coefficient (Wildman–Crippen LogP) is 2.32. The quantitative estimate of drug-likeness (QED) is 0.282. The van der Waals surface area contributed by atoms with Crippen molar-refractivity contribution >= 4 is 41.3 Å². The number of rotatable bonds is 8. The van der Waals surface area contributed by atoms with Crippen LogP contribution in [0.15, 0.2) is 29.6 Å². The van der Waals surface area contributed by atoms with Crippen LogP contribution >= 0.6 is 35.3 Å². The molecule has 128 valence electrons. The van der Waals surface area contributed by atoms with Gasteiger partial charge in [-0.3, -0.25) is 9.67 Å². The van der Waals surface area contributed by atoms with E-state index in [0.717, 1.165) is 44.9 Å². The van der Waals surface area contributed by atoms with Crippen LogP contribution in [0.2, 0.25) is 0 Å². The second-order valence-electron chi connectivity index (χ2n) is 4.87. The van der Waals surface area contributed by atoms with Crippen molar-refractivity contribution in [3.8, 4) is 0 Å². The Labute approximate surface area is 158 Å². The molecule has 2 rings (SSSR count). The Morgan fingerprint density at radius 1 is 1.35 bits per heavy atom. The summed E-state index contributed by atoms with van der Waals surface area (Å²) in [7, 11) is 1.79. The number of aliphatic imine (C=N–C) groups is 1. The van der Waals surface area contributed by atoms with E-state index >= 15 is 0 Å². The van der Waals surface area contributed by atoms with Crippen LogP contribution in [0.25, 0.3) is 0 Å². The number of hydrogen-bond donors (Lipinski definition) is 2. The standard InChI is InChI=1S/C15H24N6S.HI/c1-3-13-12-19-14(22-13)6-9-18-15(16-2)17-7-4-10-21-11-5-8-20-21;/h5,8,11-12H,3-4,6-7,9-10H2,1-2H3,(H2,16,17,18);1H. The summed E-state index contributed by atoms with van der Waals surface area (Å²) in [5.41, 5.74) is 0. The zero-order chi connectivity index (χ0) is 15.6. The monoisotopic (exact) mass is 448 g/mol. The van der Waals surface area contributed by atoms with Crippen molar-refractivity contribution in [2.45, 2.75) is 32.7 Å². The summed E-state index contributed by atoms with van der Waals surface area (Å²) in [6.45, 7) is 4.78. The third kappa shape index (κ3) is 7.30. The first-order valence-electron chi connectivity index (χ1n) is 7.67. The largest absolute Gasteiger partial charge is 0.356 e. The van der Waals surface area contributed by atoms with Gasteiger partial charge in [-0.05, 0) is 18.9 Å². The van der Waals surface area contributed by atoms with E-state index in [9.17, 15) is 0 Å². The molecule has 2 aromatic heterocycles. The third-order valence-corrected chi connectivity index (χ3v) is 4.42. The summed E-state index contributed by atoms with van der Waals surface area (Å²) in [6, 6.07) is 1.94. The molecule has 0 aliphatic rings. The molecular weight excluding hydrogens is 423 g/mol. The maximum absolute atomic E-state index is 4.42. The number of nitrogens with one attached hydrogen (secondary N) is 2. The Hall–Kier alpha value is -1.16. The number of aryl methyl sites for hydroxylation is 2. The molecule has 0 amide bonds. The average Bonchev–Trinajstić information content (AvgIpc) is 3.21. The van der Waals surface area contributed by atoms with Gasteiger partial charge in [0.25, 0.3) is 0 Å². The molecule has 0 atom stereocenters. The van der Waals surface area contributed by atoms with Crippen molar-refractivity contribution in [3.05, 3.63) is 34.5 Å². The van der Waals surface area contributed by atoms with E-state index in [4.69, 9.17) is 0 Å². The fourth-order valence-corrected chi connectivity index (χ4v) is 2.88. The van der Waals surface area contributed by atoms with Crippen molar-refractivity contribution in [1.82, 2.24) is 25.4 Å². The molecule has 6 nitrogen and oxygen atoms in total. The number of nitrogens with zero attached hydrogens (tertiary/aromatic N) is 4. The Morgan fingerprint density at radius 2 is 2.17 bits per heavy atom. The molecule has 0 aromatic carbocycles. The van der Waals surface area contributed by atoms with Crippen molar-refractivity contribution < 1.29 is 0 Å². The van der Waals surface area contributed by atoms with Gasteiger partial charge in [0.15, 0.2) is 5.96 Å². The van der Waals surface area contributed by atoms with Gasteiger partial charge in [0.1, 0.15) is 0 Å². The Bertz CT molecular complexity index is 566. The normalized spacial score (nSPS) is 11.1. The van der Waals surface area contributed by atoms with Crippen LogP contribution in [0.4, 0.5) is 0 Å². The summed E-state index contributed by atoms with van der Waals surface area (Å²) in [6.07, 6.45) is 8.75. The van der Waals surface area contributed by atoms with Crippen LogP contribution in [0.1, 0.15) is 23.2 Å². The fraction of sp³-hybridized carbons (Fsp3) is 0.533. The summed E-state index contributed by atoms with van der Waals surface area (Å²) < 4.78 is 1.94. The van der Waals surface area contributed by atoms with E-state index in [2.05, 4.69) is 32.6 Å². The minimum atomic E-state index is 0. The maximum Gasteiger partial charge on any atom is 0.190 e. The third-order valence-electron chi connectivity index (χ3n) is 3.22. The highest BCUT2D eigenvalue weighted by molar-refractivity contribution is 14.0. The summed E-state index contributed by atoms with van der Waals surface area (Å²) >= 11 is 1.79. The highest BCUT2D eigenvalue weighted by atomic mass is 127. The Balaban J connectivity index is 0.00000264. The zero-order valence-electron chi connectivity index (χ0n) is 13.7. The topological polar surface area (TPSA) is 67.1 Å². The molecule has 0 aliphatic carbocycles. The van der Waals surface area contributed by atoms with E-state index in [0.29, 0.717) is 0 Å². The van der Waals surface area contributed by atoms with Gasteiger partial charge in [0.2, 0.25) is 0 Å². The average molecular weight is 448 g/mol. The minimum Gasteiger partial charge on any atom is -0.356 e. The summed E-state index contributed by atoms with van der Waals surface area (Å²) in [5.74, 6) is 0.840. The summed E-state index contributed by atoms with van der Waals surface area (Å²) in [4.78, 5) is 10.00. The molecule has 23 heavy (non-hydrogen) atoms. The van der Waals surface area contributed by atoms with Gasteiger partial charge in [-0.25, -0.2) is 4.98 Å². The lowest BCUT2D eigenvalue weighted by Gasteiger charge is -2.11. The van der Waals surface area contributed by atoms with Crippen LogP contribution in [0.5, 0.6) is 0 Å². The van der Waals surface area contributed by atoms with Crippen LogP contribution < -0.4 is 10.6 Å². The number of aromatic nitrogens is 3. The Kier molecular flexibility index (Phi) is 9.85. The van der Waals surface area contributed by atoms with Gasteiger partial charge < -0.3 is 10.6 Å². The molecule has 0 aliphatic heterocycles. The molecule has 0 spiro atoms. The number of hydrogen-bond acceptors (Lipinski definition) is 4. The SMILES string of the molecule is CCc1cnc(CCNC(=NC)NCCCn2cccn2)s1.I. The predicted molar refractivity (Wildman–Crippen MR) is 107 cm³/mol. The molecule has 0 saturated carbocycles. The molecule has 2 N–H and O–H groups in total. The van der Waals surface area contributed by atoms with Crippen molar-refractivity contribution in [2.75, 3.05) is 20.1 Å². The van der Waals surface area contributed by atoms with Gasteiger partial charge in [0, 0.05) is 56.6 Å². The first kappa shape index (κ1) is 19.9. The molecule has 0 radical (unpaired) electrons. The highest BCUT2D eigenvalue weighted by Gasteiger charge is 2.02. The fourth-order valence-electron chi connectivity index (χ4n) is 2.02. The van der Waals surface area contributed by atoms with Gasteiger partial charge >= 0.3 is 0 Å². The second-order valence-corrected chi connectivity index (χ2v) is 6.07. The van der Waals surface area contributed by atoms with Gasteiger partial charge in [-0.15, -0.1) is 35.3 Å². The van der Waals surface area contributed by atoms with Crippen molar-refractivity contribution in [2.24, 2.45) is 4.99 Å². The van der Waals surface area contributed by atoms with E-state index in [1.165, 1.54) is 9.88 Å². The smallest absolute Gasteiger partial charge is 0.190 e. The molecule has 0 unspecified atom stereocenters. The highest BCUT2D eigenvalue weighted by Crippen LogP contribution is 2.13. The van der Waals surface area contributed by atoms with Crippen LogP contribution in [-0.4, -0.2) is 40.9 Å². The van der Waals surface area contributed by atoms with E-state index in [1.807, 2.05) is 23.1 Å².